The Bertz CT molecular complexity index is 985. The summed E-state index contributed by atoms with van der Waals surface area (Å²) < 4.78 is 9.72. The molecule has 1 amide bonds. The molecule has 1 aliphatic carbocycles. The number of ether oxygens (including phenoxy) is 1. The topological polar surface area (TPSA) is 77.6 Å². The third-order valence-electron chi connectivity index (χ3n) is 5.46. The quantitative estimate of drug-likeness (QED) is 0.691. The zero-order valence-corrected chi connectivity index (χ0v) is 16.1. The van der Waals surface area contributed by atoms with Crippen LogP contribution in [0.2, 0.25) is 0 Å². The van der Waals surface area contributed by atoms with Gasteiger partial charge in [-0.25, -0.2) is 9.50 Å². The molecule has 27 heavy (non-hydrogen) atoms. The van der Waals surface area contributed by atoms with Crippen molar-refractivity contribution in [3.8, 4) is 17.1 Å². The minimum atomic E-state index is -0.157. The Balaban J connectivity index is 1.56. The summed E-state index contributed by atoms with van der Waals surface area (Å²) in [7, 11) is 3.75. The van der Waals surface area contributed by atoms with Crippen LogP contribution in [0.3, 0.4) is 0 Å². The Morgan fingerprint density at radius 3 is 2.81 bits per heavy atom. The van der Waals surface area contributed by atoms with Crippen molar-refractivity contribution in [3.05, 3.63) is 30.9 Å². The van der Waals surface area contributed by atoms with E-state index in [2.05, 4.69) is 17.1 Å². The van der Waals surface area contributed by atoms with E-state index < -0.39 is 0 Å². The summed E-state index contributed by atoms with van der Waals surface area (Å²) in [5.41, 5.74) is 2.34. The highest BCUT2D eigenvalue weighted by Gasteiger charge is 2.46. The molecule has 3 heterocycles. The fraction of sp³-hybridized carbons (Fsp3) is 0.474. The molecule has 8 heteroatoms. The van der Waals surface area contributed by atoms with Crippen molar-refractivity contribution in [2.75, 3.05) is 7.05 Å². The maximum atomic E-state index is 12.0. The minimum absolute atomic E-state index is 0.0254. The third kappa shape index (κ3) is 3.05. The van der Waals surface area contributed by atoms with Gasteiger partial charge in [0.05, 0.1) is 24.3 Å². The molecule has 3 aromatic heterocycles. The van der Waals surface area contributed by atoms with Crippen LogP contribution in [0.15, 0.2) is 30.9 Å². The van der Waals surface area contributed by atoms with E-state index in [0.29, 0.717) is 12.3 Å². The third-order valence-corrected chi connectivity index (χ3v) is 5.46. The monoisotopic (exact) mass is 368 g/mol. The molecule has 8 nitrogen and oxygen atoms in total. The Hall–Kier alpha value is -2.90. The number of amides is 1. The van der Waals surface area contributed by atoms with Crippen LogP contribution in [0.25, 0.3) is 16.8 Å². The number of carbonyl (C=O) groups is 1. The zero-order valence-electron chi connectivity index (χ0n) is 16.1. The first-order valence-corrected chi connectivity index (χ1v) is 9.16. The molecule has 0 spiro atoms. The lowest BCUT2D eigenvalue weighted by molar-refractivity contribution is -0.142. The minimum Gasteiger partial charge on any atom is -0.473 e. The van der Waals surface area contributed by atoms with E-state index in [4.69, 9.17) is 9.72 Å². The van der Waals surface area contributed by atoms with Gasteiger partial charge in [-0.1, -0.05) is 6.92 Å². The number of nitrogens with zero attached hydrogens (tertiary/aromatic N) is 6. The molecular weight excluding hydrogens is 344 g/mol. The fourth-order valence-corrected chi connectivity index (χ4v) is 3.65. The first kappa shape index (κ1) is 17.5. The second-order valence-corrected chi connectivity index (χ2v) is 7.45. The summed E-state index contributed by atoms with van der Waals surface area (Å²) in [4.78, 5) is 18.6. The molecule has 0 atom stereocenters. The lowest BCUT2D eigenvalue weighted by atomic mass is 9.74. The highest BCUT2D eigenvalue weighted by molar-refractivity contribution is 5.76. The van der Waals surface area contributed by atoms with Crippen molar-refractivity contribution in [1.82, 2.24) is 29.3 Å². The number of aromatic nitrogens is 5. The summed E-state index contributed by atoms with van der Waals surface area (Å²) in [6, 6.07) is 1.89. The van der Waals surface area contributed by atoms with Crippen molar-refractivity contribution in [2.24, 2.45) is 7.05 Å². The first-order chi connectivity index (χ1) is 12.9. The average molecular weight is 368 g/mol. The standard InChI is InChI=1S/C19H24N6O2/c1-5-17(26)24(4)19(2)8-14(9-19)27-18-16-6-7-20-25(16)12-15(22-18)13-10-21-23(3)11-13/h6-7,10-12,14H,5,8-9H2,1-4H3. The molecule has 0 bridgehead atoms. The van der Waals surface area contributed by atoms with Crippen molar-refractivity contribution in [1.29, 1.82) is 0 Å². The van der Waals surface area contributed by atoms with Crippen molar-refractivity contribution < 1.29 is 9.53 Å². The second kappa shape index (κ2) is 6.37. The molecule has 1 fully saturated rings. The molecule has 4 rings (SSSR count). The summed E-state index contributed by atoms with van der Waals surface area (Å²) in [5, 5.41) is 8.54. The van der Waals surface area contributed by atoms with Gasteiger partial charge in [0.2, 0.25) is 11.8 Å². The highest BCUT2D eigenvalue weighted by Crippen LogP contribution is 2.40. The maximum absolute atomic E-state index is 12.0. The molecule has 0 aliphatic heterocycles. The predicted octanol–water partition coefficient (Wildman–Crippen LogP) is 2.30. The maximum Gasteiger partial charge on any atom is 0.240 e. The Morgan fingerprint density at radius 2 is 2.15 bits per heavy atom. The van der Waals surface area contributed by atoms with Gasteiger partial charge in [0.25, 0.3) is 0 Å². The summed E-state index contributed by atoms with van der Waals surface area (Å²) in [6.07, 6.45) is 9.40. The van der Waals surface area contributed by atoms with Gasteiger partial charge in [0.15, 0.2) is 0 Å². The second-order valence-electron chi connectivity index (χ2n) is 7.45. The van der Waals surface area contributed by atoms with Crippen LogP contribution in [-0.4, -0.2) is 53.9 Å². The predicted molar refractivity (Wildman–Crippen MR) is 100 cm³/mol. The van der Waals surface area contributed by atoms with Crippen LogP contribution in [0.5, 0.6) is 5.88 Å². The van der Waals surface area contributed by atoms with Crippen molar-refractivity contribution in [2.45, 2.75) is 44.8 Å². The molecular formula is C19H24N6O2. The molecule has 1 saturated carbocycles. The Morgan fingerprint density at radius 1 is 1.37 bits per heavy atom. The van der Waals surface area contributed by atoms with Crippen molar-refractivity contribution >= 4 is 11.4 Å². The number of rotatable bonds is 5. The number of fused-ring (bicyclic) bond motifs is 1. The van der Waals surface area contributed by atoms with E-state index in [9.17, 15) is 4.79 Å². The Kier molecular flexibility index (Phi) is 4.13. The molecule has 1 aliphatic rings. The normalized spacial score (nSPS) is 21.9. The average Bonchev–Trinajstić information content (AvgIpc) is 3.27. The van der Waals surface area contributed by atoms with Crippen LogP contribution in [-0.2, 0) is 11.8 Å². The van der Waals surface area contributed by atoms with Gasteiger partial charge in [-0.3, -0.25) is 9.48 Å². The number of hydrogen-bond acceptors (Lipinski definition) is 5. The van der Waals surface area contributed by atoms with Crippen LogP contribution in [0, 0.1) is 0 Å². The lowest BCUT2D eigenvalue weighted by Crippen LogP contribution is -2.59. The number of hydrogen-bond donors (Lipinski definition) is 0. The highest BCUT2D eigenvalue weighted by atomic mass is 16.5. The van der Waals surface area contributed by atoms with Crippen LogP contribution in [0.4, 0.5) is 0 Å². The van der Waals surface area contributed by atoms with Gasteiger partial charge in [-0.2, -0.15) is 10.2 Å². The molecule has 0 N–H and O–H groups in total. The van der Waals surface area contributed by atoms with Crippen molar-refractivity contribution in [3.63, 3.8) is 0 Å². The molecule has 0 aromatic carbocycles. The Labute approximate surface area is 157 Å². The van der Waals surface area contributed by atoms with Gasteiger partial charge in [0.1, 0.15) is 11.6 Å². The van der Waals surface area contributed by atoms with Gasteiger partial charge in [-0.15, -0.1) is 0 Å². The first-order valence-electron chi connectivity index (χ1n) is 9.16. The van der Waals surface area contributed by atoms with Gasteiger partial charge < -0.3 is 9.64 Å². The van der Waals surface area contributed by atoms with Gasteiger partial charge in [-0.05, 0) is 13.0 Å². The summed E-state index contributed by atoms with van der Waals surface area (Å²) in [6.45, 7) is 3.99. The van der Waals surface area contributed by atoms with Crippen LogP contribution < -0.4 is 4.74 Å². The van der Waals surface area contributed by atoms with Crippen LogP contribution in [0.1, 0.15) is 33.1 Å². The summed E-state index contributed by atoms with van der Waals surface area (Å²) >= 11 is 0. The number of carbonyl (C=O) groups excluding carboxylic acids is 1. The molecule has 0 radical (unpaired) electrons. The van der Waals surface area contributed by atoms with E-state index in [1.54, 1.807) is 21.6 Å². The smallest absolute Gasteiger partial charge is 0.240 e. The van der Waals surface area contributed by atoms with Crippen LogP contribution >= 0.6 is 0 Å². The zero-order chi connectivity index (χ0) is 19.2. The van der Waals surface area contributed by atoms with Gasteiger partial charge >= 0.3 is 0 Å². The van der Waals surface area contributed by atoms with E-state index in [0.717, 1.165) is 29.6 Å². The van der Waals surface area contributed by atoms with Gasteiger partial charge in [0, 0.05) is 50.7 Å². The SMILES string of the molecule is CCC(=O)N(C)C1(C)CC(Oc2nc(-c3cnn(C)c3)cn3nccc23)C1. The van der Waals surface area contributed by atoms with E-state index >= 15 is 0 Å². The lowest BCUT2D eigenvalue weighted by Gasteiger charge is -2.50. The molecule has 0 unspecified atom stereocenters. The summed E-state index contributed by atoms with van der Waals surface area (Å²) in [5.74, 6) is 0.719. The van der Waals surface area contributed by atoms with E-state index in [-0.39, 0.29) is 17.6 Å². The largest absolute Gasteiger partial charge is 0.473 e. The number of aryl methyl sites for hydroxylation is 1. The van der Waals surface area contributed by atoms with E-state index in [1.807, 2.05) is 44.4 Å². The molecule has 142 valence electrons. The molecule has 0 saturated heterocycles. The fourth-order valence-electron chi connectivity index (χ4n) is 3.65. The van der Waals surface area contributed by atoms with E-state index in [1.165, 1.54) is 0 Å². The molecule has 3 aromatic rings.